The van der Waals surface area contributed by atoms with Crippen LogP contribution in [0.25, 0.3) is 10.9 Å². The van der Waals surface area contributed by atoms with Crippen LogP contribution in [0.4, 0.5) is 0 Å². The molecule has 2 heterocycles. The summed E-state index contributed by atoms with van der Waals surface area (Å²) in [6.45, 7) is 12.2. The Labute approximate surface area is 139 Å². The lowest BCUT2D eigenvalue weighted by Crippen LogP contribution is -2.47. The van der Waals surface area contributed by atoms with Crippen molar-refractivity contribution in [2.45, 2.75) is 51.0 Å². The Hall–Kier alpha value is -1.54. The van der Waals surface area contributed by atoms with Crippen molar-refractivity contribution in [1.29, 1.82) is 0 Å². The first kappa shape index (κ1) is 15.0. The fourth-order valence-corrected chi connectivity index (χ4v) is 4.95. The van der Waals surface area contributed by atoms with Crippen LogP contribution in [-0.2, 0) is 11.8 Å². The van der Waals surface area contributed by atoms with Crippen molar-refractivity contribution in [3.05, 3.63) is 47.7 Å². The molecule has 1 aromatic heterocycles. The Kier molecular flexibility index (Phi) is 3.25. The van der Waals surface area contributed by atoms with Gasteiger partial charge < -0.3 is 9.88 Å². The number of rotatable bonds is 2. The minimum atomic E-state index is -0.0149. The van der Waals surface area contributed by atoms with Gasteiger partial charge in [0.05, 0.1) is 0 Å². The van der Waals surface area contributed by atoms with Crippen LogP contribution in [0.15, 0.2) is 30.9 Å². The number of benzene rings is 1. The van der Waals surface area contributed by atoms with Gasteiger partial charge >= 0.3 is 0 Å². The first-order valence-electron chi connectivity index (χ1n) is 8.90. The molecule has 0 radical (unpaired) electrons. The van der Waals surface area contributed by atoms with E-state index in [0.717, 1.165) is 12.3 Å². The topological polar surface area (TPSA) is 19.0 Å². The van der Waals surface area contributed by atoms with Crippen molar-refractivity contribution in [2.24, 2.45) is 5.92 Å². The zero-order chi connectivity index (χ0) is 16.4. The Morgan fingerprint density at radius 3 is 2.87 bits per heavy atom. The summed E-state index contributed by atoms with van der Waals surface area (Å²) in [5.41, 5.74) is 5.75. The van der Waals surface area contributed by atoms with Crippen LogP contribution >= 0.6 is 0 Å². The number of aromatic amines is 1. The van der Waals surface area contributed by atoms with E-state index in [2.05, 4.69) is 68.6 Å². The van der Waals surface area contributed by atoms with E-state index in [1.54, 1.807) is 5.56 Å². The summed E-state index contributed by atoms with van der Waals surface area (Å²) in [5.74, 6) is 1.46. The minimum Gasteiger partial charge on any atom is -0.357 e. The first-order valence-corrected chi connectivity index (χ1v) is 8.90. The highest BCUT2D eigenvalue weighted by atomic mass is 15.1. The van der Waals surface area contributed by atoms with Crippen LogP contribution in [-0.4, -0.2) is 29.5 Å². The van der Waals surface area contributed by atoms with Gasteiger partial charge in [-0.15, -0.1) is 6.58 Å². The van der Waals surface area contributed by atoms with Crippen LogP contribution < -0.4 is 0 Å². The molecule has 1 fully saturated rings. The maximum absolute atomic E-state index is 4.07. The van der Waals surface area contributed by atoms with E-state index in [9.17, 15) is 0 Å². The predicted octanol–water partition coefficient (Wildman–Crippen LogP) is 4.61. The van der Waals surface area contributed by atoms with Gasteiger partial charge in [-0.1, -0.05) is 39.0 Å². The van der Waals surface area contributed by atoms with Gasteiger partial charge in [0.2, 0.25) is 0 Å². The maximum Gasteiger partial charge on any atom is 0.0462 e. The lowest BCUT2D eigenvalue weighted by atomic mass is 9.71. The van der Waals surface area contributed by atoms with E-state index >= 15 is 0 Å². The van der Waals surface area contributed by atoms with Crippen LogP contribution in [0.2, 0.25) is 0 Å². The van der Waals surface area contributed by atoms with E-state index in [4.69, 9.17) is 0 Å². The number of fused-ring (bicyclic) bond motifs is 2. The van der Waals surface area contributed by atoms with E-state index in [0.29, 0.717) is 12.0 Å². The van der Waals surface area contributed by atoms with Gasteiger partial charge in [-0.3, -0.25) is 0 Å². The fraction of sp³-hybridized carbons (Fsp3) is 0.524. The van der Waals surface area contributed by atoms with Gasteiger partial charge in [0.1, 0.15) is 0 Å². The number of aromatic nitrogens is 1. The predicted molar refractivity (Wildman–Crippen MR) is 98.2 cm³/mol. The van der Waals surface area contributed by atoms with Gasteiger partial charge in [-0.2, -0.15) is 0 Å². The number of allylic oxidation sites excluding steroid dienone is 1. The molecule has 3 atom stereocenters. The van der Waals surface area contributed by atoms with E-state index in [1.165, 1.54) is 35.1 Å². The second-order valence-electron chi connectivity index (χ2n) is 8.33. The summed E-state index contributed by atoms with van der Waals surface area (Å²) in [7, 11) is 2.31. The molecule has 122 valence electrons. The summed E-state index contributed by atoms with van der Waals surface area (Å²) in [6.07, 6.45) is 4.56. The Morgan fingerprint density at radius 2 is 2.13 bits per heavy atom. The molecule has 2 nitrogen and oxygen atoms in total. The van der Waals surface area contributed by atoms with Gasteiger partial charge in [0.25, 0.3) is 0 Å². The van der Waals surface area contributed by atoms with Gasteiger partial charge in [-0.25, -0.2) is 0 Å². The molecule has 0 amide bonds. The normalized spacial score (nSPS) is 27.9. The zero-order valence-electron chi connectivity index (χ0n) is 14.8. The zero-order valence-corrected chi connectivity index (χ0v) is 14.8. The second-order valence-corrected chi connectivity index (χ2v) is 8.33. The highest BCUT2D eigenvalue weighted by Gasteiger charge is 2.40. The monoisotopic (exact) mass is 308 g/mol. The molecule has 1 aliphatic carbocycles. The van der Waals surface area contributed by atoms with Crippen LogP contribution in [0.3, 0.4) is 0 Å². The highest BCUT2D eigenvalue weighted by molar-refractivity contribution is 5.90. The van der Waals surface area contributed by atoms with Crippen molar-refractivity contribution >= 4 is 10.9 Å². The lowest BCUT2D eigenvalue weighted by molar-refractivity contribution is 0.119. The highest BCUT2D eigenvalue weighted by Crippen LogP contribution is 2.47. The van der Waals surface area contributed by atoms with E-state index in [1.807, 2.05) is 0 Å². The average molecular weight is 308 g/mol. The SMILES string of the molecule is C=CC(C)(C)c1[nH]c2cccc3c2c1C[C@@H]1[C@@H]3C[C@H](C)CN1C. The number of piperidine rings is 1. The standard InChI is InChI=1S/C21H28N2/c1-6-21(3,4)20-16-11-18-15(10-13(2)12-23(18)5)14-8-7-9-17(22-20)19(14)16/h6-9,13,15,18,22H,1,10-12H2,2-5H3/t13-,15+,18+/m0/s1. The number of H-pyrrole nitrogens is 1. The molecule has 0 spiro atoms. The summed E-state index contributed by atoms with van der Waals surface area (Å²) < 4.78 is 0. The number of likely N-dealkylation sites (tertiary alicyclic amines) is 1. The summed E-state index contributed by atoms with van der Waals surface area (Å²) >= 11 is 0. The van der Waals surface area contributed by atoms with Crippen molar-refractivity contribution in [2.75, 3.05) is 13.6 Å². The molecule has 0 bridgehead atoms. The van der Waals surface area contributed by atoms with Crippen molar-refractivity contribution in [1.82, 2.24) is 9.88 Å². The summed E-state index contributed by atoms with van der Waals surface area (Å²) in [6, 6.07) is 7.47. The molecule has 23 heavy (non-hydrogen) atoms. The quantitative estimate of drug-likeness (QED) is 0.803. The molecule has 1 N–H and O–H groups in total. The molecule has 0 saturated carbocycles. The molecular formula is C21H28N2. The second kappa shape index (κ2) is 4.98. The Balaban J connectivity index is 1.96. The number of likely N-dealkylation sites (N-methyl/N-ethyl adjacent to an activating group) is 1. The molecule has 4 rings (SSSR count). The molecule has 1 aliphatic heterocycles. The van der Waals surface area contributed by atoms with Gasteiger partial charge in [0.15, 0.2) is 0 Å². The number of hydrogen-bond donors (Lipinski definition) is 1. The smallest absolute Gasteiger partial charge is 0.0462 e. The number of nitrogens with zero attached hydrogens (tertiary/aromatic N) is 1. The number of hydrogen-bond acceptors (Lipinski definition) is 1. The van der Waals surface area contributed by atoms with Crippen molar-refractivity contribution in [3.63, 3.8) is 0 Å². The molecule has 2 aromatic rings. The van der Waals surface area contributed by atoms with Crippen LogP contribution in [0, 0.1) is 5.92 Å². The molecule has 1 aromatic carbocycles. The Bertz CT molecular complexity index is 767. The van der Waals surface area contributed by atoms with E-state index < -0.39 is 0 Å². The van der Waals surface area contributed by atoms with Crippen molar-refractivity contribution in [3.8, 4) is 0 Å². The molecule has 0 unspecified atom stereocenters. The third kappa shape index (κ3) is 2.11. The average Bonchev–Trinajstić information content (AvgIpc) is 2.89. The molecular weight excluding hydrogens is 280 g/mol. The largest absolute Gasteiger partial charge is 0.357 e. The van der Waals surface area contributed by atoms with Gasteiger partial charge in [-0.05, 0) is 43.0 Å². The first-order chi connectivity index (χ1) is 10.9. The maximum atomic E-state index is 4.07. The molecule has 2 heteroatoms. The van der Waals surface area contributed by atoms with Crippen molar-refractivity contribution < 1.29 is 0 Å². The summed E-state index contributed by atoms with van der Waals surface area (Å²) in [5, 5.41) is 1.50. The van der Waals surface area contributed by atoms with Crippen LogP contribution in [0.1, 0.15) is 49.9 Å². The number of nitrogens with one attached hydrogen (secondary N) is 1. The summed E-state index contributed by atoms with van der Waals surface area (Å²) in [4.78, 5) is 6.33. The third-order valence-electron chi connectivity index (χ3n) is 6.21. The van der Waals surface area contributed by atoms with Gasteiger partial charge in [0, 0.05) is 40.5 Å². The van der Waals surface area contributed by atoms with Crippen LogP contribution in [0.5, 0.6) is 0 Å². The van der Waals surface area contributed by atoms with E-state index in [-0.39, 0.29) is 5.41 Å². The molecule has 1 saturated heterocycles. The molecule has 2 aliphatic rings. The third-order valence-corrected chi connectivity index (χ3v) is 6.21. The minimum absolute atomic E-state index is 0.0149. The lowest BCUT2D eigenvalue weighted by Gasteiger charge is -2.45. The fourth-order valence-electron chi connectivity index (χ4n) is 4.95. The Morgan fingerprint density at radius 1 is 1.35 bits per heavy atom.